The summed E-state index contributed by atoms with van der Waals surface area (Å²) >= 11 is 0. The molecule has 0 bridgehead atoms. The van der Waals surface area contributed by atoms with E-state index in [9.17, 15) is 4.79 Å². The topological polar surface area (TPSA) is 56.8 Å². The third-order valence-corrected chi connectivity index (χ3v) is 6.29. The molecule has 2 unspecified atom stereocenters. The van der Waals surface area contributed by atoms with Crippen LogP contribution in [0.15, 0.2) is 12.1 Å². The van der Waals surface area contributed by atoms with Gasteiger partial charge in [-0.1, -0.05) is 13.0 Å². The quantitative estimate of drug-likeness (QED) is 0.861. The third-order valence-electron chi connectivity index (χ3n) is 6.29. The number of benzene rings is 1. The van der Waals surface area contributed by atoms with Crippen molar-refractivity contribution in [2.45, 2.75) is 56.8 Å². The molecule has 1 saturated carbocycles. The first-order chi connectivity index (χ1) is 11.5. The SMILES string of the molecule is CN[C@H]1Cc2ccc(OC)c3c2[C@]2(C)C(O3)C(OC(C)=O)CC[C@H]12. The largest absolute Gasteiger partial charge is 0.493 e. The molecule has 2 aliphatic carbocycles. The second kappa shape index (κ2) is 5.38. The molecule has 0 spiro atoms. The molecule has 3 aliphatic rings. The lowest BCUT2D eigenvalue weighted by Gasteiger charge is -2.51. The fourth-order valence-electron chi connectivity index (χ4n) is 5.32. The van der Waals surface area contributed by atoms with Crippen LogP contribution in [0, 0.1) is 5.92 Å². The van der Waals surface area contributed by atoms with Crippen molar-refractivity contribution in [3.63, 3.8) is 0 Å². The number of esters is 1. The average Bonchev–Trinajstić information content (AvgIpc) is 2.88. The lowest BCUT2D eigenvalue weighted by molar-refractivity contribution is -0.158. The van der Waals surface area contributed by atoms with Crippen LogP contribution < -0.4 is 14.8 Å². The molecule has 1 aromatic carbocycles. The second-order valence-electron chi connectivity index (χ2n) is 7.38. The van der Waals surface area contributed by atoms with E-state index in [0.29, 0.717) is 12.0 Å². The molecule has 0 aromatic heterocycles. The molecule has 130 valence electrons. The molecule has 1 N–H and O–H groups in total. The van der Waals surface area contributed by atoms with Gasteiger partial charge in [0.25, 0.3) is 0 Å². The number of carbonyl (C=O) groups is 1. The molecule has 24 heavy (non-hydrogen) atoms. The van der Waals surface area contributed by atoms with E-state index in [1.54, 1.807) is 7.11 Å². The van der Waals surface area contributed by atoms with Gasteiger partial charge in [0, 0.05) is 23.9 Å². The molecule has 4 rings (SSSR count). The molecule has 1 heterocycles. The van der Waals surface area contributed by atoms with Gasteiger partial charge in [-0.15, -0.1) is 0 Å². The molecule has 5 atom stereocenters. The Hall–Kier alpha value is -1.75. The summed E-state index contributed by atoms with van der Waals surface area (Å²) in [6.45, 7) is 3.75. The lowest BCUT2D eigenvalue weighted by Crippen LogP contribution is -2.60. The van der Waals surface area contributed by atoms with Crippen molar-refractivity contribution >= 4 is 5.97 Å². The van der Waals surface area contributed by atoms with Crippen molar-refractivity contribution < 1.29 is 19.0 Å². The van der Waals surface area contributed by atoms with Crippen LogP contribution in [0.1, 0.15) is 37.8 Å². The van der Waals surface area contributed by atoms with Gasteiger partial charge in [0.2, 0.25) is 0 Å². The zero-order valence-electron chi connectivity index (χ0n) is 14.7. The zero-order valence-corrected chi connectivity index (χ0v) is 14.7. The fourth-order valence-corrected chi connectivity index (χ4v) is 5.32. The molecule has 0 radical (unpaired) electrons. The van der Waals surface area contributed by atoms with Gasteiger partial charge in [-0.05, 0) is 43.9 Å². The molecule has 1 aromatic rings. The van der Waals surface area contributed by atoms with Gasteiger partial charge < -0.3 is 19.5 Å². The van der Waals surface area contributed by atoms with Gasteiger partial charge in [0.15, 0.2) is 11.5 Å². The van der Waals surface area contributed by atoms with E-state index < -0.39 is 0 Å². The lowest BCUT2D eigenvalue weighted by atomic mass is 9.55. The molecule has 0 saturated heterocycles. The Labute approximate surface area is 142 Å². The number of hydrogen-bond acceptors (Lipinski definition) is 5. The van der Waals surface area contributed by atoms with Crippen LogP contribution in [-0.4, -0.2) is 38.4 Å². The maximum atomic E-state index is 11.6. The highest BCUT2D eigenvalue weighted by Crippen LogP contribution is 2.60. The van der Waals surface area contributed by atoms with E-state index in [-0.39, 0.29) is 23.6 Å². The Morgan fingerprint density at radius 3 is 2.83 bits per heavy atom. The van der Waals surface area contributed by atoms with Crippen LogP contribution in [0.2, 0.25) is 0 Å². The maximum absolute atomic E-state index is 11.6. The molecule has 1 fully saturated rings. The Kier molecular flexibility index (Phi) is 3.53. The number of likely N-dealkylation sites (N-methyl/N-ethyl adjacent to an activating group) is 1. The smallest absolute Gasteiger partial charge is 0.303 e. The van der Waals surface area contributed by atoms with Crippen molar-refractivity contribution in [3.05, 3.63) is 23.3 Å². The monoisotopic (exact) mass is 331 g/mol. The number of nitrogens with one attached hydrogen (secondary N) is 1. The predicted molar refractivity (Wildman–Crippen MR) is 89.6 cm³/mol. The van der Waals surface area contributed by atoms with E-state index in [2.05, 4.69) is 18.3 Å². The van der Waals surface area contributed by atoms with Gasteiger partial charge in [-0.25, -0.2) is 0 Å². The summed E-state index contributed by atoms with van der Waals surface area (Å²) in [5.41, 5.74) is 2.42. The minimum Gasteiger partial charge on any atom is -0.493 e. The summed E-state index contributed by atoms with van der Waals surface area (Å²) in [5, 5.41) is 3.50. The van der Waals surface area contributed by atoms with Crippen LogP contribution >= 0.6 is 0 Å². The standard InChI is InChI=1S/C19H25NO4/c1-10(21)23-15-8-6-12-13(20-3)9-11-5-7-14(22-4)17-16(11)19(12,2)18(15)24-17/h5,7,12-13,15,18,20H,6,8-9H2,1-4H3/t12-,13+,15?,18?,19-/m1/s1. The molecule has 0 amide bonds. The highest BCUT2D eigenvalue weighted by Gasteiger charge is 2.61. The first-order valence-corrected chi connectivity index (χ1v) is 8.72. The zero-order chi connectivity index (χ0) is 17.1. The maximum Gasteiger partial charge on any atom is 0.303 e. The van der Waals surface area contributed by atoms with E-state index in [1.165, 1.54) is 18.1 Å². The normalized spacial score (nSPS) is 35.8. The van der Waals surface area contributed by atoms with Crippen LogP contribution in [0.4, 0.5) is 0 Å². The third kappa shape index (κ3) is 1.94. The first-order valence-electron chi connectivity index (χ1n) is 8.72. The molecule has 5 nitrogen and oxygen atoms in total. The van der Waals surface area contributed by atoms with Crippen LogP contribution in [0.25, 0.3) is 0 Å². The molecule has 5 heteroatoms. The fraction of sp³-hybridized carbons (Fsp3) is 0.632. The number of carbonyl (C=O) groups excluding carboxylic acids is 1. The summed E-state index contributed by atoms with van der Waals surface area (Å²) in [5.74, 6) is 1.84. The van der Waals surface area contributed by atoms with Crippen molar-refractivity contribution in [2.75, 3.05) is 14.2 Å². The average molecular weight is 331 g/mol. The van der Waals surface area contributed by atoms with E-state index in [4.69, 9.17) is 14.2 Å². The number of rotatable bonds is 3. The highest BCUT2D eigenvalue weighted by molar-refractivity contribution is 5.66. The first kappa shape index (κ1) is 15.8. The van der Waals surface area contributed by atoms with Gasteiger partial charge >= 0.3 is 5.97 Å². The summed E-state index contributed by atoms with van der Waals surface area (Å²) in [6, 6.07) is 4.55. The molecular weight excluding hydrogens is 306 g/mol. The number of hydrogen-bond donors (Lipinski definition) is 1. The van der Waals surface area contributed by atoms with E-state index >= 15 is 0 Å². The Balaban J connectivity index is 1.87. The van der Waals surface area contributed by atoms with Gasteiger partial charge in [-0.2, -0.15) is 0 Å². The van der Waals surface area contributed by atoms with Crippen LogP contribution in [0.5, 0.6) is 11.5 Å². The van der Waals surface area contributed by atoms with Gasteiger partial charge in [0.05, 0.1) is 7.11 Å². The van der Waals surface area contributed by atoms with E-state index in [1.807, 2.05) is 13.1 Å². The second-order valence-corrected chi connectivity index (χ2v) is 7.38. The minimum absolute atomic E-state index is 0.152. The summed E-state index contributed by atoms with van der Waals surface area (Å²) in [7, 11) is 3.71. The van der Waals surface area contributed by atoms with Crippen LogP contribution in [0.3, 0.4) is 0 Å². The van der Waals surface area contributed by atoms with Crippen molar-refractivity contribution in [1.82, 2.24) is 5.32 Å². The van der Waals surface area contributed by atoms with Gasteiger partial charge in [0.1, 0.15) is 12.2 Å². The van der Waals surface area contributed by atoms with Gasteiger partial charge in [-0.3, -0.25) is 4.79 Å². The van der Waals surface area contributed by atoms with Crippen molar-refractivity contribution in [3.8, 4) is 11.5 Å². The predicted octanol–water partition coefficient (Wildman–Crippen LogP) is 2.20. The Bertz CT molecular complexity index is 688. The Morgan fingerprint density at radius 2 is 2.17 bits per heavy atom. The summed E-state index contributed by atoms with van der Waals surface area (Å²) in [4.78, 5) is 11.6. The van der Waals surface area contributed by atoms with Crippen molar-refractivity contribution in [1.29, 1.82) is 0 Å². The number of ether oxygens (including phenoxy) is 3. The van der Waals surface area contributed by atoms with E-state index in [0.717, 1.165) is 30.8 Å². The highest BCUT2D eigenvalue weighted by atomic mass is 16.6. The van der Waals surface area contributed by atoms with Crippen molar-refractivity contribution in [2.24, 2.45) is 5.92 Å². The summed E-state index contributed by atoms with van der Waals surface area (Å²) in [6.07, 6.45) is 2.51. The molecule has 1 aliphatic heterocycles. The van der Waals surface area contributed by atoms with Crippen LogP contribution in [-0.2, 0) is 21.4 Å². The number of methoxy groups -OCH3 is 1. The minimum atomic E-state index is -0.241. The Morgan fingerprint density at radius 1 is 1.38 bits per heavy atom. The molecular formula is C19H25NO4. The summed E-state index contributed by atoms with van der Waals surface area (Å²) < 4.78 is 17.6.